The van der Waals surface area contributed by atoms with Crippen LogP contribution in [0.15, 0.2) is 11.2 Å². The maximum absolute atomic E-state index is 10.4. The maximum Gasteiger partial charge on any atom is 0.299 e. The first kappa shape index (κ1) is 14.4. The Morgan fingerprint density at radius 1 is 1.55 bits per heavy atom. The lowest BCUT2D eigenvalue weighted by Crippen LogP contribution is -2.50. The average molecular weight is 315 g/mol. The van der Waals surface area contributed by atoms with E-state index in [2.05, 4.69) is 14.5 Å². The van der Waals surface area contributed by atoms with Gasteiger partial charge in [0.1, 0.15) is 0 Å². The summed E-state index contributed by atoms with van der Waals surface area (Å²) in [6.45, 7) is 4.75. The van der Waals surface area contributed by atoms with Crippen molar-refractivity contribution in [3.05, 3.63) is 11.2 Å². The molecule has 0 radical (unpaired) electrons. The first-order chi connectivity index (χ1) is 9.27. The molecule has 20 heavy (non-hydrogen) atoms. The fourth-order valence-electron chi connectivity index (χ4n) is 3.57. The van der Waals surface area contributed by atoms with E-state index in [0.717, 1.165) is 30.4 Å². The highest BCUT2D eigenvalue weighted by Crippen LogP contribution is 2.58. The van der Waals surface area contributed by atoms with Crippen molar-refractivity contribution in [2.45, 2.75) is 43.5 Å². The molecule has 1 aromatic rings. The molecule has 0 atom stereocenters. The first-order valence-corrected chi connectivity index (χ1v) is 8.47. The molecule has 0 amide bonds. The van der Waals surface area contributed by atoms with Crippen LogP contribution in [0.4, 0.5) is 5.82 Å². The van der Waals surface area contributed by atoms with E-state index in [-0.39, 0.29) is 5.41 Å². The Bertz CT molecular complexity index is 552. The number of fused-ring (bicyclic) bond motifs is 1. The molecule has 0 aromatic carbocycles. The fraction of sp³-hybridized carbons (Fsp3) is 0.714. The van der Waals surface area contributed by atoms with Crippen molar-refractivity contribution in [2.75, 3.05) is 17.7 Å². The maximum atomic E-state index is 10.4. The van der Waals surface area contributed by atoms with Gasteiger partial charge >= 0.3 is 0 Å². The van der Waals surface area contributed by atoms with E-state index in [1.54, 1.807) is 11.8 Å². The molecular weight excluding hydrogens is 294 g/mol. The van der Waals surface area contributed by atoms with Gasteiger partial charge in [-0.05, 0) is 44.5 Å². The number of aliphatic hydroxyl groups is 1. The van der Waals surface area contributed by atoms with Gasteiger partial charge in [0.15, 0.2) is 0 Å². The van der Waals surface area contributed by atoms with Gasteiger partial charge in [0.2, 0.25) is 11.0 Å². The largest absolute Gasteiger partial charge is 0.390 e. The Hall–Kier alpha value is -0.520. The Labute approximate surface area is 129 Å². The highest BCUT2D eigenvalue weighted by Gasteiger charge is 2.64. The number of rotatable bonds is 3. The van der Waals surface area contributed by atoms with E-state index in [1.165, 1.54) is 0 Å². The summed E-state index contributed by atoms with van der Waals surface area (Å²) in [6.07, 6.45) is 4.13. The van der Waals surface area contributed by atoms with Gasteiger partial charge in [-0.1, -0.05) is 16.7 Å². The summed E-state index contributed by atoms with van der Waals surface area (Å²) < 4.78 is 2.09. The Kier molecular flexibility index (Phi) is 3.23. The number of aromatic nitrogens is 2. The monoisotopic (exact) mass is 314 g/mol. The second-order valence-electron chi connectivity index (χ2n) is 6.51. The molecular formula is C14H21ClN3OS+. The summed E-state index contributed by atoms with van der Waals surface area (Å²) in [4.78, 5) is 6.72. The van der Waals surface area contributed by atoms with Gasteiger partial charge < -0.3 is 5.11 Å². The molecule has 3 heterocycles. The summed E-state index contributed by atoms with van der Waals surface area (Å²) in [5.74, 6) is 1.10. The van der Waals surface area contributed by atoms with Crippen molar-refractivity contribution < 1.29 is 9.67 Å². The second kappa shape index (κ2) is 4.49. The minimum absolute atomic E-state index is 0.0277. The third kappa shape index (κ3) is 1.94. The molecule has 2 bridgehead atoms. The zero-order valence-electron chi connectivity index (χ0n) is 12.4. The van der Waals surface area contributed by atoms with Crippen molar-refractivity contribution in [1.29, 1.82) is 0 Å². The number of hydrogen-bond donors (Lipinski definition) is 1. The number of halogens is 1. The van der Waals surface area contributed by atoms with Crippen LogP contribution < -0.4 is 9.47 Å². The molecule has 0 unspecified atom stereocenters. The van der Waals surface area contributed by atoms with Crippen LogP contribution in [0.25, 0.3) is 0 Å². The quantitative estimate of drug-likeness (QED) is 0.401. The van der Waals surface area contributed by atoms with E-state index in [9.17, 15) is 5.11 Å². The lowest BCUT2D eigenvalue weighted by Gasteiger charge is -2.44. The number of anilines is 1. The summed E-state index contributed by atoms with van der Waals surface area (Å²) in [7, 11) is 2.02. The molecule has 110 valence electrons. The Morgan fingerprint density at radius 3 is 2.70 bits per heavy atom. The molecule has 2 aliphatic heterocycles. The molecule has 1 saturated carbocycles. The zero-order valence-corrected chi connectivity index (χ0v) is 13.9. The number of thioether (sulfide) groups is 1. The topological polar surface area (TPSA) is 40.2 Å². The highest BCUT2D eigenvalue weighted by atomic mass is 35.5. The number of hydrogen-bond acceptors (Lipinski definition) is 4. The van der Waals surface area contributed by atoms with Crippen molar-refractivity contribution >= 4 is 29.2 Å². The van der Waals surface area contributed by atoms with Crippen LogP contribution in [0.1, 0.15) is 26.7 Å². The molecule has 1 aromatic heterocycles. The zero-order chi connectivity index (χ0) is 14.7. The van der Waals surface area contributed by atoms with Crippen molar-refractivity contribution in [3.8, 4) is 0 Å². The van der Waals surface area contributed by atoms with Gasteiger partial charge in [-0.2, -0.15) is 0 Å². The van der Waals surface area contributed by atoms with Crippen LogP contribution in [-0.2, 0) is 7.05 Å². The lowest BCUT2D eigenvalue weighted by molar-refractivity contribution is -0.701. The third-order valence-electron chi connectivity index (χ3n) is 5.02. The summed E-state index contributed by atoms with van der Waals surface area (Å²) in [6, 6.07) is 2.45. The van der Waals surface area contributed by atoms with E-state index >= 15 is 0 Å². The normalized spacial score (nSPS) is 28.7. The van der Waals surface area contributed by atoms with Crippen molar-refractivity contribution in [2.24, 2.45) is 12.5 Å². The van der Waals surface area contributed by atoms with Gasteiger partial charge in [-0.3, -0.25) is 4.90 Å². The molecule has 3 fully saturated rings. The molecule has 4 nitrogen and oxygen atoms in total. The van der Waals surface area contributed by atoms with Crippen LogP contribution in [0.5, 0.6) is 0 Å². The van der Waals surface area contributed by atoms with Gasteiger partial charge in [-0.15, -0.1) is 0 Å². The van der Waals surface area contributed by atoms with Crippen LogP contribution in [0.2, 0.25) is 5.15 Å². The van der Waals surface area contributed by atoms with Gasteiger partial charge in [0, 0.05) is 5.41 Å². The van der Waals surface area contributed by atoms with E-state index < -0.39 is 5.60 Å². The summed E-state index contributed by atoms with van der Waals surface area (Å²) in [5, 5.41) is 11.9. The second-order valence-corrected chi connectivity index (χ2v) is 7.67. The lowest BCUT2D eigenvalue weighted by atomic mass is 9.61. The van der Waals surface area contributed by atoms with Crippen molar-refractivity contribution in [1.82, 2.24) is 4.98 Å². The summed E-state index contributed by atoms with van der Waals surface area (Å²) >= 11 is 7.74. The molecule has 3 aliphatic rings. The molecule has 2 saturated heterocycles. The molecule has 0 spiro atoms. The smallest absolute Gasteiger partial charge is 0.299 e. The SMILES string of the molecule is CSc1nc(Cl)cc(N2CC3(C(C)(C)O)CC2C3)[n+]1C. The standard InChI is InChI=1S/C14H21ClN3OS/c1-13(2,19)14-6-9(7-14)18(8-14)11-5-10(15)16-12(20-4)17(11)3/h5,9,19H,6-8H2,1-4H3/q+1. The van der Waals surface area contributed by atoms with Crippen LogP contribution >= 0.6 is 23.4 Å². The minimum atomic E-state index is -0.629. The number of nitrogens with zero attached hydrogens (tertiary/aromatic N) is 3. The fourth-order valence-corrected chi connectivity index (χ4v) is 4.35. The van der Waals surface area contributed by atoms with Gasteiger partial charge in [0.05, 0.1) is 31.3 Å². The Morgan fingerprint density at radius 2 is 2.20 bits per heavy atom. The minimum Gasteiger partial charge on any atom is -0.390 e. The first-order valence-electron chi connectivity index (χ1n) is 6.87. The Balaban J connectivity index is 1.96. The third-order valence-corrected chi connectivity index (χ3v) is 5.95. The highest BCUT2D eigenvalue weighted by molar-refractivity contribution is 7.98. The van der Waals surface area contributed by atoms with E-state index in [0.29, 0.717) is 11.2 Å². The van der Waals surface area contributed by atoms with E-state index in [1.807, 2.05) is 33.2 Å². The average Bonchev–Trinajstić information content (AvgIpc) is 2.86. The van der Waals surface area contributed by atoms with E-state index in [4.69, 9.17) is 11.6 Å². The predicted molar refractivity (Wildman–Crippen MR) is 81.3 cm³/mol. The van der Waals surface area contributed by atoms with Crippen LogP contribution in [-0.4, -0.2) is 34.5 Å². The molecule has 1 N–H and O–H groups in total. The molecule has 6 heteroatoms. The van der Waals surface area contributed by atoms with Crippen LogP contribution in [0.3, 0.4) is 0 Å². The van der Waals surface area contributed by atoms with Crippen LogP contribution in [0, 0.1) is 5.41 Å². The molecule has 1 aliphatic carbocycles. The predicted octanol–water partition coefficient (Wildman–Crippen LogP) is 2.02. The molecule has 4 rings (SSSR count). The van der Waals surface area contributed by atoms with Gasteiger partial charge in [0.25, 0.3) is 5.16 Å². The van der Waals surface area contributed by atoms with Crippen molar-refractivity contribution in [3.63, 3.8) is 0 Å². The summed E-state index contributed by atoms with van der Waals surface area (Å²) in [5.41, 5.74) is -0.601. The van der Waals surface area contributed by atoms with Gasteiger partial charge in [-0.25, -0.2) is 4.57 Å².